The van der Waals surface area contributed by atoms with Crippen LogP contribution in [0.4, 0.5) is 0 Å². The Hall–Kier alpha value is -3.45. The summed E-state index contributed by atoms with van der Waals surface area (Å²) >= 11 is 0. The van der Waals surface area contributed by atoms with Crippen LogP contribution in [-0.4, -0.2) is 44.0 Å². The van der Waals surface area contributed by atoms with Crippen LogP contribution in [0.5, 0.6) is 11.5 Å². The van der Waals surface area contributed by atoms with Gasteiger partial charge in [-0.25, -0.2) is 0 Å². The second kappa shape index (κ2) is 6.81. The van der Waals surface area contributed by atoms with Crippen molar-refractivity contribution in [1.29, 1.82) is 0 Å². The van der Waals surface area contributed by atoms with E-state index in [9.17, 15) is 14.4 Å². The van der Waals surface area contributed by atoms with Gasteiger partial charge in [-0.3, -0.25) is 14.4 Å². The lowest BCUT2D eigenvalue weighted by atomic mass is 9.75. The van der Waals surface area contributed by atoms with E-state index in [2.05, 4.69) is 0 Å². The van der Waals surface area contributed by atoms with E-state index < -0.39 is 30.1 Å². The van der Waals surface area contributed by atoms with Crippen molar-refractivity contribution in [3.8, 4) is 11.5 Å². The normalized spacial score (nSPS) is 24.7. The summed E-state index contributed by atoms with van der Waals surface area (Å²) in [6.07, 6.45) is -2.31. The zero-order valence-corrected chi connectivity index (χ0v) is 16.3. The number of methoxy groups -OCH3 is 2. The molecule has 30 heavy (non-hydrogen) atoms. The van der Waals surface area contributed by atoms with Gasteiger partial charge in [0.2, 0.25) is 0 Å². The molecule has 0 amide bonds. The Balaban J connectivity index is 1.76. The molecule has 0 spiro atoms. The topological polar surface area (TPSA) is 88.1 Å². The van der Waals surface area contributed by atoms with E-state index in [-0.39, 0.29) is 40.2 Å². The average molecular weight is 406 g/mol. The van der Waals surface area contributed by atoms with Gasteiger partial charge in [-0.2, -0.15) is 0 Å². The Morgan fingerprint density at radius 3 is 2.37 bits per heavy atom. The minimum atomic E-state index is -0.923. The number of esters is 1. The van der Waals surface area contributed by atoms with Gasteiger partial charge in [0.1, 0.15) is 12.2 Å². The zero-order valence-electron chi connectivity index (χ0n) is 16.3. The summed E-state index contributed by atoms with van der Waals surface area (Å²) < 4.78 is 22.3. The second-order valence-electron chi connectivity index (χ2n) is 7.29. The lowest BCUT2D eigenvalue weighted by molar-refractivity contribution is -0.140. The van der Waals surface area contributed by atoms with Crippen LogP contribution in [0, 0.1) is 0 Å². The summed E-state index contributed by atoms with van der Waals surface area (Å²) in [5, 5.41) is 0. The number of rotatable bonds is 3. The predicted octanol–water partition coefficient (Wildman–Crippen LogP) is 2.84. The van der Waals surface area contributed by atoms with Gasteiger partial charge in [0, 0.05) is 11.1 Å². The summed E-state index contributed by atoms with van der Waals surface area (Å²) in [4.78, 5) is 39.3. The molecule has 0 N–H and O–H groups in total. The number of Topliss-reactive ketones (excluding diaryl/α,β-unsaturated/α-hetero) is 2. The van der Waals surface area contributed by atoms with Crippen molar-refractivity contribution in [2.24, 2.45) is 0 Å². The van der Waals surface area contributed by atoms with Gasteiger partial charge in [-0.15, -0.1) is 0 Å². The largest absolute Gasteiger partial charge is 0.493 e. The predicted molar refractivity (Wildman–Crippen MR) is 104 cm³/mol. The molecule has 7 heteroatoms. The second-order valence-corrected chi connectivity index (χ2v) is 7.29. The van der Waals surface area contributed by atoms with Crippen LogP contribution in [-0.2, 0) is 14.3 Å². The highest BCUT2D eigenvalue weighted by molar-refractivity contribution is 6.29. The van der Waals surface area contributed by atoms with E-state index in [1.165, 1.54) is 14.2 Å². The van der Waals surface area contributed by atoms with E-state index >= 15 is 0 Å². The molecule has 2 aromatic carbocycles. The van der Waals surface area contributed by atoms with Crippen molar-refractivity contribution in [3.05, 3.63) is 70.3 Å². The minimum Gasteiger partial charge on any atom is -0.493 e. The fourth-order valence-electron chi connectivity index (χ4n) is 4.43. The molecule has 0 radical (unpaired) electrons. The third-order valence-electron chi connectivity index (χ3n) is 5.72. The van der Waals surface area contributed by atoms with Gasteiger partial charge in [0.05, 0.1) is 31.8 Å². The Bertz CT molecular complexity index is 1120. The summed E-state index contributed by atoms with van der Waals surface area (Å²) in [6.45, 7) is 0. The summed E-state index contributed by atoms with van der Waals surface area (Å²) in [5.74, 6) is -0.703. The van der Waals surface area contributed by atoms with Crippen LogP contribution in [0.2, 0.25) is 0 Å². The van der Waals surface area contributed by atoms with Gasteiger partial charge in [0.15, 0.2) is 29.2 Å². The first-order valence-corrected chi connectivity index (χ1v) is 9.53. The summed E-state index contributed by atoms with van der Waals surface area (Å²) in [6, 6.07) is 12.3. The molecule has 1 aliphatic carbocycles. The molecule has 0 aromatic heterocycles. The van der Waals surface area contributed by atoms with Crippen LogP contribution in [0.3, 0.4) is 0 Å². The Kier molecular flexibility index (Phi) is 4.22. The van der Waals surface area contributed by atoms with Crippen molar-refractivity contribution < 1.29 is 33.3 Å². The van der Waals surface area contributed by atoms with Crippen molar-refractivity contribution >= 4 is 17.5 Å². The number of carbonyl (C=O) groups is 3. The molecule has 5 rings (SSSR count). The highest BCUT2D eigenvalue weighted by Gasteiger charge is 2.52. The average Bonchev–Trinajstić information content (AvgIpc) is 3.15. The van der Waals surface area contributed by atoms with Crippen LogP contribution < -0.4 is 9.47 Å². The number of hydrogen-bond acceptors (Lipinski definition) is 7. The van der Waals surface area contributed by atoms with E-state index in [4.69, 9.17) is 18.9 Å². The van der Waals surface area contributed by atoms with E-state index in [1.54, 1.807) is 12.1 Å². The lowest BCUT2D eigenvalue weighted by Crippen LogP contribution is -2.42. The summed E-state index contributed by atoms with van der Waals surface area (Å²) in [7, 11) is 2.87. The molecule has 1 saturated heterocycles. The summed E-state index contributed by atoms with van der Waals surface area (Å²) in [5.41, 5.74) is 1.43. The van der Waals surface area contributed by atoms with Crippen molar-refractivity contribution in [1.82, 2.24) is 0 Å². The fourth-order valence-corrected chi connectivity index (χ4v) is 4.43. The Morgan fingerprint density at radius 1 is 0.900 bits per heavy atom. The molecule has 0 saturated carbocycles. The first-order valence-electron chi connectivity index (χ1n) is 9.53. The van der Waals surface area contributed by atoms with Crippen LogP contribution >= 0.6 is 0 Å². The lowest BCUT2D eigenvalue weighted by Gasteiger charge is -2.37. The van der Waals surface area contributed by atoms with Crippen LogP contribution in [0.15, 0.2) is 53.6 Å². The number of ketones is 2. The number of ether oxygens (including phenoxy) is 4. The minimum absolute atomic E-state index is 0.0222. The highest BCUT2D eigenvalue weighted by Crippen LogP contribution is 2.48. The molecular formula is C23H18O7. The molecule has 1 fully saturated rings. The number of benzene rings is 2. The maximum absolute atomic E-state index is 13.7. The quantitative estimate of drug-likeness (QED) is 0.724. The van der Waals surface area contributed by atoms with Crippen LogP contribution in [0.25, 0.3) is 0 Å². The maximum atomic E-state index is 13.7. The van der Waals surface area contributed by atoms with Gasteiger partial charge >= 0.3 is 5.97 Å². The van der Waals surface area contributed by atoms with E-state index in [0.717, 1.165) is 5.56 Å². The SMILES string of the molecule is COc1ccc2c(c1OC)C(=O)C1=C(C2=O)[C@H](c2ccccc2)O[C@H]2CC(=O)O[C@@H]12. The monoisotopic (exact) mass is 406 g/mol. The third kappa shape index (κ3) is 2.52. The zero-order chi connectivity index (χ0) is 21.0. The molecule has 7 nitrogen and oxygen atoms in total. The van der Waals surface area contributed by atoms with Gasteiger partial charge in [0.25, 0.3) is 0 Å². The molecule has 2 aliphatic heterocycles. The van der Waals surface area contributed by atoms with E-state index in [0.29, 0.717) is 5.75 Å². The molecule has 152 valence electrons. The molecule has 2 heterocycles. The molecule has 0 bridgehead atoms. The molecular weight excluding hydrogens is 388 g/mol. The first-order chi connectivity index (χ1) is 14.5. The van der Waals surface area contributed by atoms with Gasteiger partial charge in [-0.1, -0.05) is 30.3 Å². The van der Waals surface area contributed by atoms with Crippen molar-refractivity contribution in [2.75, 3.05) is 14.2 Å². The highest BCUT2D eigenvalue weighted by atomic mass is 16.6. The molecule has 3 aliphatic rings. The third-order valence-corrected chi connectivity index (χ3v) is 5.72. The number of carbonyl (C=O) groups excluding carboxylic acids is 3. The molecule has 2 aromatic rings. The number of hydrogen-bond donors (Lipinski definition) is 0. The fraction of sp³-hybridized carbons (Fsp3) is 0.261. The van der Waals surface area contributed by atoms with E-state index in [1.807, 2.05) is 30.3 Å². The Labute approximate surface area is 172 Å². The molecule has 0 unspecified atom stereocenters. The van der Waals surface area contributed by atoms with Gasteiger partial charge < -0.3 is 18.9 Å². The maximum Gasteiger partial charge on any atom is 0.309 e. The van der Waals surface area contributed by atoms with Gasteiger partial charge in [-0.05, 0) is 17.7 Å². The number of fused-ring (bicyclic) bond motifs is 3. The smallest absolute Gasteiger partial charge is 0.309 e. The van der Waals surface area contributed by atoms with Crippen molar-refractivity contribution in [2.45, 2.75) is 24.7 Å². The van der Waals surface area contributed by atoms with Crippen molar-refractivity contribution in [3.63, 3.8) is 0 Å². The molecule has 3 atom stereocenters. The Morgan fingerprint density at radius 2 is 1.67 bits per heavy atom. The van der Waals surface area contributed by atoms with Crippen LogP contribution in [0.1, 0.15) is 38.8 Å². The standard InChI is InChI=1S/C23H18O7/c1-27-13-9-8-12-16(22(13)28-2)20(26)18-17(19(12)25)21(11-6-4-3-5-7-11)29-14-10-15(24)30-23(14)18/h3-9,14,21,23H,10H2,1-2H3/t14-,21-,23+/m0/s1. The first kappa shape index (κ1) is 18.6.